The average Bonchev–Trinajstić information content (AvgIpc) is 3.34. The van der Waals surface area contributed by atoms with E-state index >= 15 is 0 Å². The van der Waals surface area contributed by atoms with Crippen LogP contribution in [0.15, 0.2) is 48.7 Å². The Kier molecular flexibility index (Phi) is 4.70. The van der Waals surface area contributed by atoms with Crippen molar-refractivity contribution in [3.8, 4) is 11.4 Å². The Morgan fingerprint density at radius 1 is 1.11 bits per heavy atom. The van der Waals surface area contributed by atoms with E-state index in [2.05, 4.69) is 5.10 Å². The number of carbonyl (C=O) groups excluding carboxylic acids is 1. The second-order valence-electron chi connectivity index (χ2n) is 7.15. The first-order valence-electron chi connectivity index (χ1n) is 9.23. The van der Waals surface area contributed by atoms with Crippen LogP contribution in [0.5, 0.6) is 0 Å². The number of carbonyl (C=O) groups is 1. The monoisotopic (exact) mass is 385 g/mol. The van der Waals surface area contributed by atoms with Gasteiger partial charge in [0.1, 0.15) is 5.69 Å². The molecule has 0 radical (unpaired) electrons. The zero-order valence-electron chi connectivity index (χ0n) is 15.7. The van der Waals surface area contributed by atoms with Crippen molar-refractivity contribution in [3.63, 3.8) is 0 Å². The lowest BCUT2D eigenvalue weighted by Gasteiger charge is -2.37. The number of rotatable bonds is 4. The van der Waals surface area contributed by atoms with Crippen LogP contribution in [0.2, 0.25) is 0 Å². The Morgan fingerprint density at radius 3 is 2.54 bits per heavy atom. The maximum atomic E-state index is 13.2. The highest BCUT2D eigenvalue weighted by Gasteiger charge is 2.37. The van der Waals surface area contributed by atoms with Crippen molar-refractivity contribution in [1.82, 2.24) is 24.2 Å². The van der Waals surface area contributed by atoms with Crippen LogP contribution in [0, 0.1) is 5.92 Å². The number of alkyl halides is 2. The highest BCUT2D eigenvalue weighted by atomic mass is 19.3. The highest BCUT2D eigenvalue weighted by molar-refractivity contribution is 5.93. The predicted molar refractivity (Wildman–Crippen MR) is 99.8 cm³/mol. The SMILES string of the molecule is CC(C)[C@H]1c2nc(-c3ccccc3)nn2CCN1C(=O)c1cccn1C(F)F. The van der Waals surface area contributed by atoms with E-state index in [0.717, 1.165) is 5.56 Å². The Hall–Kier alpha value is -3.03. The fraction of sp³-hybridized carbons (Fsp3) is 0.350. The molecular weight excluding hydrogens is 364 g/mol. The molecule has 1 aromatic carbocycles. The summed E-state index contributed by atoms with van der Waals surface area (Å²) in [7, 11) is 0. The van der Waals surface area contributed by atoms with Crippen molar-refractivity contribution in [2.45, 2.75) is 33.0 Å². The van der Waals surface area contributed by atoms with Gasteiger partial charge in [-0.1, -0.05) is 44.2 Å². The van der Waals surface area contributed by atoms with Crippen LogP contribution >= 0.6 is 0 Å². The third-order valence-electron chi connectivity index (χ3n) is 4.99. The predicted octanol–water partition coefficient (Wildman–Crippen LogP) is 3.99. The van der Waals surface area contributed by atoms with Crippen molar-refractivity contribution >= 4 is 5.91 Å². The third-order valence-corrected chi connectivity index (χ3v) is 4.99. The van der Waals surface area contributed by atoms with Gasteiger partial charge in [0.25, 0.3) is 5.91 Å². The second-order valence-corrected chi connectivity index (χ2v) is 7.15. The van der Waals surface area contributed by atoms with Gasteiger partial charge in [-0.15, -0.1) is 0 Å². The molecular formula is C20H21F2N5O. The zero-order chi connectivity index (χ0) is 19.8. The minimum absolute atomic E-state index is 0.0168. The van der Waals surface area contributed by atoms with E-state index in [-0.39, 0.29) is 17.7 Å². The second kappa shape index (κ2) is 7.18. The Bertz CT molecular complexity index is 980. The first-order chi connectivity index (χ1) is 13.5. The van der Waals surface area contributed by atoms with Crippen LogP contribution < -0.4 is 0 Å². The van der Waals surface area contributed by atoms with Crippen molar-refractivity contribution in [2.75, 3.05) is 6.54 Å². The molecule has 4 rings (SSSR count). The number of fused-ring (bicyclic) bond motifs is 1. The largest absolute Gasteiger partial charge is 0.325 e. The van der Waals surface area contributed by atoms with Gasteiger partial charge in [-0.25, -0.2) is 9.67 Å². The maximum Gasteiger partial charge on any atom is 0.319 e. The molecule has 1 amide bonds. The number of benzene rings is 1. The number of halogens is 2. The van der Waals surface area contributed by atoms with Gasteiger partial charge < -0.3 is 4.90 Å². The molecule has 3 heterocycles. The first-order valence-corrected chi connectivity index (χ1v) is 9.23. The average molecular weight is 385 g/mol. The Balaban J connectivity index is 1.71. The minimum Gasteiger partial charge on any atom is -0.325 e. The van der Waals surface area contributed by atoms with Gasteiger partial charge in [-0.2, -0.15) is 13.9 Å². The fourth-order valence-electron chi connectivity index (χ4n) is 3.71. The van der Waals surface area contributed by atoms with Gasteiger partial charge in [0.2, 0.25) is 0 Å². The van der Waals surface area contributed by atoms with Crippen molar-refractivity contribution in [3.05, 3.63) is 60.2 Å². The number of hydrogen-bond acceptors (Lipinski definition) is 3. The quantitative estimate of drug-likeness (QED) is 0.682. The van der Waals surface area contributed by atoms with Crippen molar-refractivity contribution in [2.24, 2.45) is 5.92 Å². The molecule has 0 unspecified atom stereocenters. The van der Waals surface area contributed by atoms with Crippen LogP contribution in [0.3, 0.4) is 0 Å². The number of nitrogens with zero attached hydrogens (tertiary/aromatic N) is 5. The lowest BCUT2D eigenvalue weighted by Crippen LogP contribution is -2.45. The maximum absolute atomic E-state index is 13.2. The molecule has 0 saturated heterocycles. The normalized spacial score (nSPS) is 16.6. The van der Waals surface area contributed by atoms with E-state index in [9.17, 15) is 13.6 Å². The standard InChI is InChI=1S/C20H21F2N5O/c1-13(2)16-18-23-17(14-7-4-3-5-8-14)24-27(18)12-11-26(16)19(28)15-9-6-10-25(15)20(21)22/h3-10,13,16,20H,11-12H2,1-2H3/t16-/m0/s1. The minimum atomic E-state index is -2.76. The summed E-state index contributed by atoms with van der Waals surface area (Å²) in [6.45, 7) is 2.08. The number of aromatic nitrogens is 4. The van der Waals surface area contributed by atoms with E-state index in [1.807, 2.05) is 48.9 Å². The molecule has 28 heavy (non-hydrogen) atoms. The molecule has 0 fully saturated rings. The first kappa shape index (κ1) is 18.3. The summed E-state index contributed by atoms with van der Waals surface area (Å²) in [6.07, 6.45) is 1.22. The molecule has 8 heteroatoms. The van der Waals surface area contributed by atoms with E-state index in [1.165, 1.54) is 18.3 Å². The van der Waals surface area contributed by atoms with Gasteiger partial charge in [-0.05, 0) is 18.1 Å². The van der Waals surface area contributed by atoms with Gasteiger partial charge in [0.05, 0.1) is 12.6 Å². The molecule has 0 bridgehead atoms. The fourth-order valence-corrected chi connectivity index (χ4v) is 3.71. The lowest BCUT2D eigenvalue weighted by atomic mass is 9.99. The molecule has 0 saturated carbocycles. The molecule has 1 aliphatic rings. The number of amides is 1. The molecule has 6 nitrogen and oxygen atoms in total. The summed E-state index contributed by atoms with van der Waals surface area (Å²) in [4.78, 5) is 19.4. The van der Waals surface area contributed by atoms with Crippen LogP contribution in [0.4, 0.5) is 8.78 Å². The molecule has 1 atom stereocenters. The Morgan fingerprint density at radius 2 is 1.86 bits per heavy atom. The summed E-state index contributed by atoms with van der Waals surface area (Å²) in [6, 6.07) is 12.2. The van der Waals surface area contributed by atoms with E-state index < -0.39 is 12.5 Å². The van der Waals surface area contributed by atoms with Crippen LogP contribution in [-0.4, -0.2) is 36.7 Å². The van der Waals surface area contributed by atoms with Crippen LogP contribution in [0.1, 0.15) is 42.8 Å². The highest BCUT2D eigenvalue weighted by Crippen LogP contribution is 2.33. The van der Waals surface area contributed by atoms with Gasteiger partial charge in [0, 0.05) is 18.3 Å². The third kappa shape index (κ3) is 3.08. The Labute approximate surface area is 161 Å². The van der Waals surface area contributed by atoms with Gasteiger partial charge in [0.15, 0.2) is 11.6 Å². The van der Waals surface area contributed by atoms with Crippen LogP contribution in [0.25, 0.3) is 11.4 Å². The summed E-state index contributed by atoms with van der Waals surface area (Å²) >= 11 is 0. The molecule has 0 aliphatic carbocycles. The van der Waals surface area contributed by atoms with Crippen LogP contribution in [-0.2, 0) is 6.54 Å². The molecule has 3 aromatic rings. The lowest BCUT2D eigenvalue weighted by molar-refractivity contribution is 0.0433. The topological polar surface area (TPSA) is 56.0 Å². The number of hydrogen-bond donors (Lipinski definition) is 0. The summed E-state index contributed by atoms with van der Waals surface area (Å²) in [5, 5.41) is 4.60. The van der Waals surface area contributed by atoms with E-state index in [4.69, 9.17) is 4.98 Å². The summed E-state index contributed by atoms with van der Waals surface area (Å²) < 4.78 is 29.0. The van der Waals surface area contributed by atoms with Gasteiger partial charge in [-0.3, -0.25) is 9.36 Å². The van der Waals surface area contributed by atoms with Crippen molar-refractivity contribution in [1.29, 1.82) is 0 Å². The summed E-state index contributed by atoms with van der Waals surface area (Å²) in [5.41, 5.74) is 0.883. The summed E-state index contributed by atoms with van der Waals surface area (Å²) in [5.74, 6) is 0.917. The van der Waals surface area contributed by atoms with Gasteiger partial charge >= 0.3 is 6.55 Å². The van der Waals surface area contributed by atoms with E-state index in [1.54, 1.807) is 4.90 Å². The van der Waals surface area contributed by atoms with Crippen molar-refractivity contribution < 1.29 is 13.6 Å². The molecule has 146 valence electrons. The molecule has 0 N–H and O–H groups in total. The molecule has 1 aliphatic heterocycles. The van der Waals surface area contributed by atoms with E-state index in [0.29, 0.717) is 29.3 Å². The molecule has 2 aromatic heterocycles. The molecule has 0 spiro atoms. The zero-order valence-corrected chi connectivity index (χ0v) is 15.7. The smallest absolute Gasteiger partial charge is 0.319 e.